The first kappa shape index (κ1) is 13.5. The second-order valence-electron chi connectivity index (χ2n) is 4.48. The summed E-state index contributed by atoms with van der Waals surface area (Å²) in [6, 6.07) is 15.2. The highest BCUT2D eigenvalue weighted by molar-refractivity contribution is 7.98. The first-order chi connectivity index (χ1) is 8.69. The highest BCUT2D eigenvalue weighted by Gasteiger charge is 1.99. The van der Waals surface area contributed by atoms with Gasteiger partial charge in [0.05, 0.1) is 0 Å². The van der Waals surface area contributed by atoms with Crippen LogP contribution in [0.5, 0.6) is 0 Å². The summed E-state index contributed by atoms with van der Waals surface area (Å²) in [5, 5.41) is 0. The second kappa shape index (κ2) is 6.31. The summed E-state index contributed by atoms with van der Waals surface area (Å²) in [6.07, 6.45) is 0. The average Bonchev–Trinajstić information content (AvgIpc) is 2.41. The van der Waals surface area contributed by atoms with Crippen LogP contribution in [0.25, 0.3) is 0 Å². The number of alkyl halides is 1. The van der Waals surface area contributed by atoms with Crippen molar-refractivity contribution in [2.24, 2.45) is 0 Å². The van der Waals surface area contributed by atoms with E-state index in [1.54, 1.807) is 0 Å². The fraction of sp³-hybridized carbons (Fsp3) is 0.250. The molecule has 0 bridgehead atoms. The molecule has 0 aliphatic carbocycles. The van der Waals surface area contributed by atoms with Crippen molar-refractivity contribution in [1.29, 1.82) is 0 Å². The Balaban J connectivity index is 1.99. The molecule has 0 heterocycles. The van der Waals surface area contributed by atoms with Crippen LogP contribution in [0.1, 0.15) is 22.3 Å². The van der Waals surface area contributed by atoms with Gasteiger partial charge in [0.1, 0.15) is 0 Å². The third-order valence-corrected chi connectivity index (χ3v) is 4.45. The van der Waals surface area contributed by atoms with Crippen LogP contribution in [0.3, 0.4) is 0 Å². The summed E-state index contributed by atoms with van der Waals surface area (Å²) in [5.74, 6) is 1.60. The maximum absolute atomic E-state index is 5.78. The summed E-state index contributed by atoms with van der Waals surface area (Å²) in [4.78, 5) is 1.29. The van der Waals surface area contributed by atoms with E-state index in [2.05, 4.69) is 56.3 Å². The minimum Gasteiger partial charge on any atom is -0.122 e. The van der Waals surface area contributed by atoms with Gasteiger partial charge in [-0.3, -0.25) is 0 Å². The molecular formula is C16H17ClS. The van der Waals surface area contributed by atoms with Gasteiger partial charge in [-0.1, -0.05) is 30.3 Å². The van der Waals surface area contributed by atoms with E-state index in [1.807, 2.05) is 11.8 Å². The molecule has 0 nitrogen and oxygen atoms in total. The Hall–Kier alpha value is -0.920. The molecule has 2 rings (SSSR count). The first-order valence-corrected chi connectivity index (χ1v) is 7.55. The number of aryl methyl sites for hydroxylation is 2. The van der Waals surface area contributed by atoms with Crippen LogP contribution in [-0.4, -0.2) is 0 Å². The quantitative estimate of drug-likeness (QED) is 0.537. The molecule has 0 fully saturated rings. The normalized spacial score (nSPS) is 10.6. The molecule has 0 saturated heterocycles. The van der Waals surface area contributed by atoms with Gasteiger partial charge in [0.2, 0.25) is 0 Å². The smallest absolute Gasteiger partial charge is 0.0474 e. The largest absolute Gasteiger partial charge is 0.122 e. The van der Waals surface area contributed by atoms with Crippen molar-refractivity contribution in [2.75, 3.05) is 0 Å². The van der Waals surface area contributed by atoms with Crippen molar-refractivity contribution in [2.45, 2.75) is 30.4 Å². The van der Waals surface area contributed by atoms with E-state index in [0.717, 1.165) is 5.75 Å². The predicted molar refractivity (Wildman–Crippen MR) is 81.5 cm³/mol. The van der Waals surface area contributed by atoms with Crippen molar-refractivity contribution in [3.05, 3.63) is 64.7 Å². The van der Waals surface area contributed by atoms with E-state index in [-0.39, 0.29) is 0 Å². The van der Waals surface area contributed by atoms with E-state index >= 15 is 0 Å². The molecule has 0 N–H and O–H groups in total. The van der Waals surface area contributed by atoms with Crippen molar-refractivity contribution in [3.8, 4) is 0 Å². The SMILES string of the molecule is Cc1ccc(CSc2ccc(CCl)cc2)cc1C. The Bertz CT molecular complexity index is 517. The van der Waals surface area contributed by atoms with Gasteiger partial charge in [-0.15, -0.1) is 23.4 Å². The lowest BCUT2D eigenvalue weighted by atomic mass is 10.1. The molecule has 18 heavy (non-hydrogen) atoms. The molecule has 0 radical (unpaired) electrons. The standard InChI is InChI=1S/C16H17ClS/c1-12-3-4-15(9-13(12)2)11-18-16-7-5-14(10-17)6-8-16/h3-9H,10-11H2,1-2H3. The molecule has 0 aliphatic rings. The first-order valence-electron chi connectivity index (χ1n) is 6.03. The Labute approximate surface area is 118 Å². The van der Waals surface area contributed by atoms with E-state index < -0.39 is 0 Å². The van der Waals surface area contributed by atoms with Gasteiger partial charge in [-0.05, 0) is 48.2 Å². The monoisotopic (exact) mass is 276 g/mol. The molecular weight excluding hydrogens is 260 g/mol. The molecule has 0 spiro atoms. The molecule has 2 aromatic rings. The van der Waals surface area contributed by atoms with Crippen LogP contribution in [0, 0.1) is 13.8 Å². The summed E-state index contributed by atoms with van der Waals surface area (Å²) < 4.78 is 0. The van der Waals surface area contributed by atoms with Crippen LogP contribution in [-0.2, 0) is 11.6 Å². The van der Waals surface area contributed by atoms with Crippen LogP contribution in [0.4, 0.5) is 0 Å². The van der Waals surface area contributed by atoms with Gasteiger partial charge in [0.15, 0.2) is 0 Å². The van der Waals surface area contributed by atoms with Crippen LogP contribution >= 0.6 is 23.4 Å². The Morgan fingerprint density at radius 1 is 0.889 bits per heavy atom. The topological polar surface area (TPSA) is 0 Å². The Morgan fingerprint density at radius 2 is 1.56 bits per heavy atom. The van der Waals surface area contributed by atoms with Gasteiger partial charge in [-0.25, -0.2) is 0 Å². The number of rotatable bonds is 4. The van der Waals surface area contributed by atoms with Gasteiger partial charge in [0, 0.05) is 16.5 Å². The van der Waals surface area contributed by atoms with E-state index in [0.29, 0.717) is 5.88 Å². The zero-order valence-electron chi connectivity index (χ0n) is 10.7. The van der Waals surface area contributed by atoms with E-state index in [4.69, 9.17) is 11.6 Å². The lowest BCUT2D eigenvalue weighted by molar-refractivity contribution is 1.28. The summed E-state index contributed by atoms with van der Waals surface area (Å²) in [5.41, 5.74) is 5.28. The molecule has 0 aliphatic heterocycles. The van der Waals surface area contributed by atoms with Gasteiger partial charge in [0.25, 0.3) is 0 Å². The molecule has 2 heteroatoms. The molecule has 0 unspecified atom stereocenters. The predicted octanol–water partition coefficient (Wildman–Crippen LogP) is 5.33. The lowest BCUT2D eigenvalue weighted by Gasteiger charge is -2.06. The number of thioether (sulfide) groups is 1. The third kappa shape index (κ3) is 3.54. The third-order valence-electron chi connectivity index (χ3n) is 3.05. The lowest BCUT2D eigenvalue weighted by Crippen LogP contribution is -1.86. The molecule has 94 valence electrons. The molecule has 0 atom stereocenters. The van der Waals surface area contributed by atoms with Crippen molar-refractivity contribution in [1.82, 2.24) is 0 Å². The second-order valence-corrected chi connectivity index (χ2v) is 5.80. The maximum Gasteiger partial charge on any atom is 0.0474 e. The summed E-state index contributed by atoms with van der Waals surface area (Å²) in [6.45, 7) is 4.32. The molecule has 0 amide bonds. The van der Waals surface area contributed by atoms with Crippen molar-refractivity contribution >= 4 is 23.4 Å². The minimum atomic E-state index is 0.585. The zero-order valence-corrected chi connectivity index (χ0v) is 12.3. The fourth-order valence-corrected chi connectivity index (χ4v) is 2.75. The summed E-state index contributed by atoms with van der Waals surface area (Å²) >= 11 is 7.64. The van der Waals surface area contributed by atoms with Crippen LogP contribution in [0.2, 0.25) is 0 Å². The number of hydrogen-bond donors (Lipinski definition) is 0. The Kier molecular flexibility index (Phi) is 4.73. The van der Waals surface area contributed by atoms with Gasteiger partial charge < -0.3 is 0 Å². The molecule has 0 saturated carbocycles. The van der Waals surface area contributed by atoms with E-state index in [9.17, 15) is 0 Å². The number of benzene rings is 2. The van der Waals surface area contributed by atoms with E-state index in [1.165, 1.54) is 27.1 Å². The minimum absolute atomic E-state index is 0.585. The molecule has 0 aromatic heterocycles. The van der Waals surface area contributed by atoms with Crippen LogP contribution < -0.4 is 0 Å². The van der Waals surface area contributed by atoms with Crippen molar-refractivity contribution in [3.63, 3.8) is 0 Å². The Morgan fingerprint density at radius 3 is 2.17 bits per heavy atom. The summed E-state index contributed by atoms with van der Waals surface area (Å²) in [7, 11) is 0. The zero-order chi connectivity index (χ0) is 13.0. The average molecular weight is 277 g/mol. The fourth-order valence-electron chi connectivity index (χ4n) is 1.73. The number of hydrogen-bond acceptors (Lipinski definition) is 1. The highest BCUT2D eigenvalue weighted by Crippen LogP contribution is 2.24. The maximum atomic E-state index is 5.78. The molecule has 2 aromatic carbocycles. The highest BCUT2D eigenvalue weighted by atomic mass is 35.5. The number of halogens is 1. The van der Waals surface area contributed by atoms with Crippen molar-refractivity contribution < 1.29 is 0 Å². The van der Waals surface area contributed by atoms with Crippen LogP contribution in [0.15, 0.2) is 47.4 Å². The van der Waals surface area contributed by atoms with Gasteiger partial charge >= 0.3 is 0 Å². The van der Waals surface area contributed by atoms with Gasteiger partial charge in [-0.2, -0.15) is 0 Å².